The van der Waals surface area contributed by atoms with Gasteiger partial charge in [0.1, 0.15) is 0 Å². The lowest BCUT2D eigenvalue weighted by Gasteiger charge is -2.20. The van der Waals surface area contributed by atoms with Crippen molar-refractivity contribution < 1.29 is 24.2 Å². The van der Waals surface area contributed by atoms with Gasteiger partial charge in [-0.05, 0) is 6.42 Å². The second-order valence-corrected chi connectivity index (χ2v) is 4.37. The molecule has 106 valence electrons. The Morgan fingerprint density at radius 2 is 2.11 bits per heavy atom. The van der Waals surface area contributed by atoms with E-state index in [1.165, 1.54) is 12.0 Å². The summed E-state index contributed by atoms with van der Waals surface area (Å²) in [7, 11) is 2.85. The second-order valence-electron chi connectivity index (χ2n) is 4.37. The van der Waals surface area contributed by atoms with E-state index >= 15 is 0 Å². The zero-order chi connectivity index (χ0) is 14.4. The average molecular weight is 270 g/mol. The van der Waals surface area contributed by atoms with Gasteiger partial charge < -0.3 is 20.1 Å². The minimum Gasteiger partial charge on any atom is -0.481 e. The van der Waals surface area contributed by atoms with Gasteiger partial charge in [-0.15, -0.1) is 0 Å². The Morgan fingerprint density at radius 1 is 1.42 bits per heavy atom. The molecule has 0 spiro atoms. The maximum Gasteiger partial charge on any atom is 0.317 e. The Morgan fingerprint density at radius 3 is 2.63 bits per heavy atom. The first-order valence-corrected chi connectivity index (χ1v) is 5.93. The van der Waals surface area contributed by atoms with Crippen molar-refractivity contribution in [3.63, 3.8) is 0 Å². The van der Waals surface area contributed by atoms with Crippen LogP contribution in [-0.4, -0.2) is 54.7 Å². The average Bonchev–Trinajstić information content (AvgIpc) is 2.83. The number of carbonyl (C=O) groups is 3. The van der Waals surface area contributed by atoms with E-state index in [-0.39, 0.29) is 31.0 Å². The summed E-state index contributed by atoms with van der Waals surface area (Å²) in [6, 6.07) is -0.626. The lowest BCUT2D eigenvalue weighted by Crippen LogP contribution is -2.42. The van der Waals surface area contributed by atoms with E-state index in [9.17, 15) is 14.4 Å². The van der Waals surface area contributed by atoms with Gasteiger partial charge in [0.05, 0.1) is 25.5 Å². The third-order valence-electron chi connectivity index (χ3n) is 2.94. The first-order valence-electron chi connectivity index (χ1n) is 5.93. The van der Waals surface area contributed by atoms with Gasteiger partial charge in [-0.2, -0.15) is 0 Å². The number of carbonyl (C=O) groups excluding carboxylic acids is 2. The number of urea groups is 1. The molecule has 0 aromatic rings. The zero-order valence-corrected chi connectivity index (χ0v) is 11.0. The van der Waals surface area contributed by atoms with Crippen LogP contribution in [0.15, 0.2) is 12.2 Å². The summed E-state index contributed by atoms with van der Waals surface area (Å²) in [6.45, 7) is 0.247. The van der Waals surface area contributed by atoms with Crippen LogP contribution in [-0.2, 0) is 14.3 Å². The van der Waals surface area contributed by atoms with E-state index < -0.39 is 11.9 Å². The molecule has 2 N–H and O–H groups in total. The van der Waals surface area contributed by atoms with Gasteiger partial charge in [-0.3, -0.25) is 9.59 Å². The molecule has 2 amide bonds. The molecule has 1 aliphatic carbocycles. The first kappa shape index (κ1) is 15.0. The zero-order valence-electron chi connectivity index (χ0n) is 11.0. The summed E-state index contributed by atoms with van der Waals surface area (Å²) in [4.78, 5) is 34.8. The second kappa shape index (κ2) is 6.77. The van der Waals surface area contributed by atoms with Crippen LogP contribution in [0.4, 0.5) is 4.79 Å². The Kier molecular flexibility index (Phi) is 5.35. The van der Waals surface area contributed by atoms with Gasteiger partial charge in [0.25, 0.3) is 0 Å². The fourth-order valence-electron chi connectivity index (χ4n) is 1.72. The molecule has 0 radical (unpaired) electrons. The predicted molar refractivity (Wildman–Crippen MR) is 66.5 cm³/mol. The number of nitrogens with zero attached hydrogens (tertiary/aromatic N) is 1. The van der Waals surface area contributed by atoms with Crippen LogP contribution in [0.3, 0.4) is 0 Å². The topological polar surface area (TPSA) is 95.9 Å². The minimum absolute atomic E-state index is 0.124. The lowest BCUT2D eigenvalue weighted by atomic mass is 10.1. The number of nitrogens with one attached hydrogen (secondary N) is 1. The van der Waals surface area contributed by atoms with Crippen molar-refractivity contribution in [2.75, 3.05) is 20.7 Å². The Labute approximate surface area is 111 Å². The molecule has 7 heteroatoms. The third-order valence-corrected chi connectivity index (χ3v) is 2.94. The molecular weight excluding hydrogens is 252 g/mol. The van der Waals surface area contributed by atoms with Crippen LogP contribution < -0.4 is 5.32 Å². The molecule has 1 aliphatic rings. The minimum atomic E-state index is -0.896. The van der Waals surface area contributed by atoms with Crippen LogP contribution in [0, 0.1) is 5.92 Å². The number of ether oxygens (including phenoxy) is 1. The Hall–Kier alpha value is -2.05. The lowest BCUT2D eigenvalue weighted by molar-refractivity contribution is -0.141. The van der Waals surface area contributed by atoms with E-state index in [4.69, 9.17) is 5.11 Å². The molecule has 2 atom stereocenters. The maximum atomic E-state index is 11.8. The number of esters is 1. The van der Waals surface area contributed by atoms with E-state index in [0.717, 1.165) is 0 Å². The summed E-state index contributed by atoms with van der Waals surface area (Å²) in [5, 5.41) is 11.5. The van der Waals surface area contributed by atoms with Gasteiger partial charge in [-0.25, -0.2) is 4.79 Å². The van der Waals surface area contributed by atoms with Gasteiger partial charge in [0, 0.05) is 13.6 Å². The van der Waals surface area contributed by atoms with Gasteiger partial charge >= 0.3 is 18.0 Å². The quantitative estimate of drug-likeness (QED) is 0.550. The molecule has 0 aliphatic heterocycles. The van der Waals surface area contributed by atoms with Crippen LogP contribution >= 0.6 is 0 Å². The fourth-order valence-corrected chi connectivity index (χ4v) is 1.72. The van der Waals surface area contributed by atoms with Crippen LogP contribution in [0.2, 0.25) is 0 Å². The molecule has 0 aromatic heterocycles. The highest BCUT2D eigenvalue weighted by molar-refractivity contribution is 5.77. The number of hydrogen-bond acceptors (Lipinski definition) is 4. The molecule has 0 saturated heterocycles. The molecule has 2 unspecified atom stereocenters. The van der Waals surface area contributed by atoms with Gasteiger partial charge in [0.2, 0.25) is 0 Å². The normalized spacial score (nSPS) is 20.9. The van der Waals surface area contributed by atoms with Crippen LogP contribution in [0.25, 0.3) is 0 Å². The van der Waals surface area contributed by atoms with E-state index in [1.807, 2.05) is 0 Å². The van der Waals surface area contributed by atoms with E-state index in [0.29, 0.717) is 6.42 Å². The number of amides is 2. The fraction of sp³-hybridized carbons (Fsp3) is 0.583. The standard InChI is InChI=1S/C12H18N2O5/c1-14(6-5-10(15)19-2)12(18)13-9-4-3-8(7-9)11(16)17/h3-4,8-9H,5-7H2,1-2H3,(H,13,18)(H,16,17). The van der Waals surface area contributed by atoms with Crippen molar-refractivity contribution in [1.82, 2.24) is 10.2 Å². The predicted octanol–water partition coefficient (Wildman–Crippen LogP) is 0.220. The SMILES string of the molecule is COC(=O)CCN(C)C(=O)NC1C=CC(C(=O)O)C1. The summed E-state index contributed by atoms with van der Waals surface area (Å²) in [5.41, 5.74) is 0. The van der Waals surface area contributed by atoms with Crippen molar-refractivity contribution in [3.05, 3.63) is 12.2 Å². The van der Waals surface area contributed by atoms with Crippen molar-refractivity contribution in [3.8, 4) is 0 Å². The number of methoxy groups -OCH3 is 1. The van der Waals surface area contributed by atoms with Crippen LogP contribution in [0.1, 0.15) is 12.8 Å². The van der Waals surface area contributed by atoms with Crippen molar-refractivity contribution in [1.29, 1.82) is 0 Å². The number of carboxylic acids is 1. The van der Waals surface area contributed by atoms with E-state index in [2.05, 4.69) is 10.1 Å². The smallest absolute Gasteiger partial charge is 0.317 e. The number of aliphatic carboxylic acids is 1. The summed E-state index contributed by atoms with van der Waals surface area (Å²) in [6.07, 6.45) is 3.72. The number of rotatable bonds is 5. The highest BCUT2D eigenvalue weighted by Gasteiger charge is 2.26. The van der Waals surface area contributed by atoms with Crippen molar-refractivity contribution >= 4 is 18.0 Å². The summed E-state index contributed by atoms with van der Waals surface area (Å²) < 4.78 is 4.48. The van der Waals surface area contributed by atoms with E-state index in [1.54, 1.807) is 19.2 Å². The molecule has 1 rings (SSSR count). The summed E-state index contributed by atoms with van der Waals surface area (Å²) >= 11 is 0. The van der Waals surface area contributed by atoms with Crippen molar-refractivity contribution in [2.45, 2.75) is 18.9 Å². The Balaban J connectivity index is 2.33. The first-order chi connectivity index (χ1) is 8.93. The van der Waals surface area contributed by atoms with Crippen LogP contribution in [0.5, 0.6) is 0 Å². The molecule has 0 saturated carbocycles. The molecule has 0 heterocycles. The highest BCUT2D eigenvalue weighted by Crippen LogP contribution is 2.18. The number of carboxylic acid groups (broad SMARTS) is 1. The molecule has 7 nitrogen and oxygen atoms in total. The van der Waals surface area contributed by atoms with Gasteiger partial charge in [-0.1, -0.05) is 12.2 Å². The van der Waals surface area contributed by atoms with Gasteiger partial charge in [0.15, 0.2) is 0 Å². The van der Waals surface area contributed by atoms with Crippen molar-refractivity contribution in [2.24, 2.45) is 5.92 Å². The Bertz CT molecular complexity index is 394. The molecular formula is C12H18N2O5. The highest BCUT2D eigenvalue weighted by atomic mass is 16.5. The largest absolute Gasteiger partial charge is 0.481 e. The molecule has 0 aromatic carbocycles. The maximum absolute atomic E-state index is 11.8. The number of hydrogen-bond donors (Lipinski definition) is 2. The third kappa shape index (κ3) is 4.61. The molecule has 19 heavy (non-hydrogen) atoms. The summed E-state index contributed by atoms with van der Waals surface area (Å²) in [5.74, 6) is -1.83. The monoisotopic (exact) mass is 270 g/mol. The molecule has 0 bridgehead atoms. The molecule has 0 fully saturated rings.